The van der Waals surface area contributed by atoms with Crippen molar-refractivity contribution in [3.63, 3.8) is 0 Å². The van der Waals surface area contributed by atoms with E-state index in [-0.39, 0.29) is 18.3 Å². The summed E-state index contributed by atoms with van der Waals surface area (Å²) in [6, 6.07) is 6.97. The normalized spacial score (nSPS) is 15.0. The van der Waals surface area contributed by atoms with Crippen molar-refractivity contribution >= 4 is 23.5 Å². The Morgan fingerprint density at radius 3 is 2.64 bits per heavy atom. The van der Waals surface area contributed by atoms with Gasteiger partial charge in [0.15, 0.2) is 0 Å². The van der Waals surface area contributed by atoms with E-state index >= 15 is 0 Å². The van der Waals surface area contributed by atoms with Gasteiger partial charge in [-0.15, -0.1) is 0 Å². The maximum absolute atomic E-state index is 12.8. The first kappa shape index (κ1) is 19.7. The summed E-state index contributed by atoms with van der Waals surface area (Å²) in [5.74, 6) is -0.485. The molecule has 7 heteroatoms. The minimum absolute atomic E-state index is 0.156. The number of amides is 1. The Labute approximate surface area is 153 Å². The Morgan fingerprint density at radius 2 is 1.96 bits per heavy atom. The lowest BCUT2D eigenvalue weighted by Gasteiger charge is -2.28. The first-order valence-corrected chi connectivity index (χ1v) is 8.90. The van der Waals surface area contributed by atoms with Crippen LogP contribution in [0.15, 0.2) is 24.3 Å². The van der Waals surface area contributed by atoms with Crippen molar-refractivity contribution < 1.29 is 19.1 Å². The van der Waals surface area contributed by atoms with Crippen LogP contribution in [0.25, 0.3) is 0 Å². The molecule has 1 aliphatic rings. The molecule has 1 amide bonds. The summed E-state index contributed by atoms with van der Waals surface area (Å²) >= 11 is 6.15. The fourth-order valence-corrected chi connectivity index (χ4v) is 2.97. The molecule has 0 unspecified atom stereocenters. The zero-order valence-electron chi connectivity index (χ0n) is 14.6. The SMILES string of the molecule is COC(=O)CCN(CCCN1CCOCC1)C(=O)c1ccccc1Cl. The second-order valence-corrected chi connectivity index (χ2v) is 6.31. The molecule has 0 aliphatic carbocycles. The average Bonchev–Trinajstić information content (AvgIpc) is 2.65. The third-order valence-corrected chi connectivity index (χ3v) is 4.54. The zero-order valence-corrected chi connectivity index (χ0v) is 15.3. The van der Waals surface area contributed by atoms with Gasteiger partial charge < -0.3 is 14.4 Å². The number of esters is 1. The molecule has 2 rings (SSSR count). The topological polar surface area (TPSA) is 59.1 Å². The van der Waals surface area contributed by atoms with Crippen molar-refractivity contribution in [3.8, 4) is 0 Å². The number of halogens is 1. The standard InChI is InChI=1S/C18H25ClN2O4/c1-24-17(22)7-10-21(9-4-8-20-11-13-25-14-12-20)18(23)15-5-2-3-6-16(15)19/h2-3,5-6H,4,7-14H2,1H3. The first-order chi connectivity index (χ1) is 12.1. The average molecular weight is 369 g/mol. The lowest BCUT2D eigenvalue weighted by molar-refractivity contribution is -0.140. The number of morpholine rings is 1. The number of ether oxygens (including phenoxy) is 2. The third-order valence-electron chi connectivity index (χ3n) is 4.21. The van der Waals surface area contributed by atoms with Crippen molar-refractivity contribution in [2.75, 3.05) is 53.0 Å². The van der Waals surface area contributed by atoms with Crippen LogP contribution in [0.2, 0.25) is 5.02 Å². The summed E-state index contributed by atoms with van der Waals surface area (Å²) in [5.41, 5.74) is 0.459. The minimum atomic E-state index is -0.329. The predicted molar refractivity (Wildman–Crippen MR) is 95.9 cm³/mol. The van der Waals surface area contributed by atoms with Crippen LogP contribution in [-0.2, 0) is 14.3 Å². The lowest BCUT2D eigenvalue weighted by Crippen LogP contribution is -2.39. The van der Waals surface area contributed by atoms with Crippen LogP contribution in [0.4, 0.5) is 0 Å². The van der Waals surface area contributed by atoms with Crippen LogP contribution in [0.5, 0.6) is 0 Å². The number of hydrogen-bond donors (Lipinski definition) is 0. The first-order valence-electron chi connectivity index (χ1n) is 8.52. The van der Waals surface area contributed by atoms with Crippen molar-refractivity contribution in [2.24, 2.45) is 0 Å². The molecule has 0 N–H and O–H groups in total. The van der Waals surface area contributed by atoms with Crippen molar-refractivity contribution in [2.45, 2.75) is 12.8 Å². The van der Waals surface area contributed by atoms with Gasteiger partial charge in [-0.05, 0) is 18.6 Å². The van der Waals surface area contributed by atoms with Crippen LogP contribution in [0.3, 0.4) is 0 Å². The molecule has 1 fully saturated rings. The van der Waals surface area contributed by atoms with E-state index in [9.17, 15) is 9.59 Å². The fourth-order valence-electron chi connectivity index (χ4n) is 2.76. The molecule has 0 atom stereocenters. The molecule has 6 nitrogen and oxygen atoms in total. The van der Waals surface area contributed by atoms with Gasteiger partial charge in [-0.25, -0.2) is 0 Å². The summed E-state index contributed by atoms with van der Waals surface area (Å²) in [7, 11) is 1.35. The molecular weight excluding hydrogens is 344 g/mol. The fraction of sp³-hybridized carbons (Fsp3) is 0.556. The zero-order chi connectivity index (χ0) is 18.1. The molecule has 1 heterocycles. The highest BCUT2D eigenvalue weighted by Crippen LogP contribution is 2.17. The Hall–Kier alpha value is -1.63. The summed E-state index contributed by atoms with van der Waals surface area (Å²) in [6.07, 6.45) is 1.00. The summed E-state index contributed by atoms with van der Waals surface area (Å²) in [4.78, 5) is 28.3. The van der Waals surface area contributed by atoms with Crippen LogP contribution >= 0.6 is 11.6 Å². The van der Waals surface area contributed by atoms with Gasteiger partial charge in [0, 0.05) is 32.7 Å². The van der Waals surface area contributed by atoms with Crippen molar-refractivity contribution in [3.05, 3.63) is 34.9 Å². The largest absolute Gasteiger partial charge is 0.469 e. The second-order valence-electron chi connectivity index (χ2n) is 5.91. The number of rotatable bonds is 8. The maximum Gasteiger partial charge on any atom is 0.307 e. The Morgan fingerprint density at radius 1 is 1.24 bits per heavy atom. The van der Waals surface area contributed by atoms with Gasteiger partial charge in [0.25, 0.3) is 5.91 Å². The maximum atomic E-state index is 12.8. The number of methoxy groups -OCH3 is 1. The van der Waals surface area contributed by atoms with Gasteiger partial charge in [0.05, 0.1) is 37.3 Å². The molecule has 0 spiro atoms. The van der Waals surface area contributed by atoms with Gasteiger partial charge >= 0.3 is 5.97 Å². The van der Waals surface area contributed by atoms with Gasteiger partial charge in [0.2, 0.25) is 0 Å². The quantitative estimate of drug-likeness (QED) is 0.657. The van der Waals surface area contributed by atoms with Gasteiger partial charge in [-0.3, -0.25) is 14.5 Å². The van der Waals surface area contributed by atoms with E-state index in [4.69, 9.17) is 16.3 Å². The molecule has 0 radical (unpaired) electrons. The molecule has 0 aromatic heterocycles. The number of carbonyl (C=O) groups excluding carboxylic acids is 2. The van der Waals surface area contributed by atoms with Crippen LogP contribution in [-0.4, -0.2) is 74.7 Å². The lowest BCUT2D eigenvalue weighted by atomic mass is 10.2. The highest BCUT2D eigenvalue weighted by Gasteiger charge is 2.19. The summed E-state index contributed by atoms with van der Waals surface area (Å²) in [5, 5.41) is 0.420. The van der Waals surface area contributed by atoms with Gasteiger partial charge in [-0.2, -0.15) is 0 Å². The second kappa shape index (κ2) is 10.4. The number of nitrogens with zero attached hydrogens (tertiary/aromatic N) is 2. The molecule has 1 saturated heterocycles. The summed E-state index contributed by atoms with van der Waals surface area (Å²) in [6.45, 7) is 5.13. The third kappa shape index (κ3) is 6.30. The Balaban J connectivity index is 1.95. The predicted octanol–water partition coefficient (Wildman–Crippen LogP) is 2.07. The molecule has 1 aromatic rings. The number of benzene rings is 1. The molecule has 138 valence electrons. The van der Waals surface area contributed by atoms with Crippen LogP contribution in [0, 0.1) is 0 Å². The molecule has 1 aliphatic heterocycles. The van der Waals surface area contributed by atoms with Crippen LogP contribution in [0.1, 0.15) is 23.2 Å². The Bertz CT molecular complexity index is 576. The minimum Gasteiger partial charge on any atom is -0.469 e. The van der Waals surface area contributed by atoms with Crippen LogP contribution < -0.4 is 0 Å². The molecule has 25 heavy (non-hydrogen) atoms. The van der Waals surface area contributed by atoms with Crippen molar-refractivity contribution in [1.82, 2.24) is 9.80 Å². The molecule has 1 aromatic carbocycles. The van der Waals surface area contributed by atoms with E-state index in [1.54, 1.807) is 29.2 Å². The van der Waals surface area contributed by atoms with E-state index < -0.39 is 0 Å². The van der Waals surface area contributed by atoms with Gasteiger partial charge in [0.1, 0.15) is 0 Å². The highest BCUT2D eigenvalue weighted by atomic mass is 35.5. The van der Waals surface area contributed by atoms with E-state index in [1.165, 1.54) is 7.11 Å². The van der Waals surface area contributed by atoms with Gasteiger partial charge in [-0.1, -0.05) is 23.7 Å². The number of hydrogen-bond acceptors (Lipinski definition) is 5. The molecular formula is C18H25ClN2O4. The van der Waals surface area contributed by atoms with E-state index in [0.717, 1.165) is 39.3 Å². The molecule has 0 bridgehead atoms. The smallest absolute Gasteiger partial charge is 0.307 e. The summed E-state index contributed by atoms with van der Waals surface area (Å²) < 4.78 is 10.0. The van der Waals surface area contributed by atoms with E-state index in [1.807, 2.05) is 0 Å². The van der Waals surface area contributed by atoms with E-state index in [2.05, 4.69) is 9.64 Å². The number of carbonyl (C=O) groups is 2. The Kier molecular flexibility index (Phi) is 8.18. The molecule has 0 saturated carbocycles. The van der Waals surface area contributed by atoms with Crippen molar-refractivity contribution in [1.29, 1.82) is 0 Å². The van der Waals surface area contributed by atoms with E-state index in [0.29, 0.717) is 23.7 Å². The highest BCUT2D eigenvalue weighted by molar-refractivity contribution is 6.33. The monoisotopic (exact) mass is 368 g/mol.